The highest BCUT2D eigenvalue weighted by Crippen LogP contribution is 2.15. The highest BCUT2D eigenvalue weighted by atomic mass is 35.5. The van der Waals surface area contributed by atoms with E-state index in [1.165, 1.54) is 41.8 Å². The number of thiazole rings is 1. The van der Waals surface area contributed by atoms with Crippen molar-refractivity contribution in [3.8, 4) is 0 Å². The molecule has 0 aliphatic heterocycles. The number of sulfonamides is 1. The highest BCUT2D eigenvalue weighted by molar-refractivity contribution is 7.89. The first-order valence-electron chi connectivity index (χ1n) is 6.01. The van der Waals surface area contributed by atoms with E-state index >= 15 is 0 Å². The molecule has 1 unspecified atom stereocenters. The smallest absolute Gasteiger partial charge is 0.246 e. The SMILES string of the molecule is O=C(Nc1nccs1)C(CO)NS(=O)(=O)c1ccc(Cl)cc1. The lowest BCUT2D eigenvalue weighted by atomic mass is 10.3. The summed E-state index contributed by atoms with van der Waals surface area (Å²) in [5, 5.41) is 14.0. The summed E-state index contributed by atoms with van der Waals surface area (Å²) < 4.78 is 26.5. The van der Waals surface area contributed by atoms with Gasteiger partial charge < -0.3 is 10.4 Å². The second-order valence-corrected chi connectivity index (χ2v) is 7.18. The fraction of sp³-hybridized carbons (Fsp3) is 0.167. The van der Waals surface area contributed by atoms with E-state index in [0.29, 0.717) is 10.2 Å². The first-order chi connectivity index (χ1) is 10.4. The van der Waals surface area contributed by atoms with Gasteiger partial charge in [0, 0.05) is 16.6 Å². The lowest BCUT2D eigenvalue weighted by Crippen LogP contribution is -2.46. The Hall–Kier alpha value is -1.52. The molecule has 0 saturated carbocycles. The summed E-state index contributed by atoms with van der Waals surface area (Å²) in [7, 11) is -3.96. The van der Waals surface area contributed by atoms with Crippen LogP contribution < -0.4 is 10.0 Å². The molecule has 7 nitrogen and oxygen atoms in total. The van der Waals surface area contributed by atoms with Gasteiger partial charge in [-0.2, -0.15) is 4.72 Å². The number of nitrogens with one attached hydrogen (secondary N) is 2. The van der Waals surface area contributed by atoms with Crippen LogP contribution in [0.1, 0.15) is 0 Å². The van der Waals surface area contributed by atoms with Crippen molar-refractivity contribution < 1.29 is 18.3 Å². The van der Waals surface area contributed by atoms with Crippen molar-refractivity contribution >= 4 is 44.0 Å². The number of halogens is 1. The van der Waals surface area contributed by atoms with Crippen LogP contribution in [-0.2, 0) is 14.8 Å². The van der Waals surface area contributed by atoms with E-state index in [1.807, 2.05) is 0 Å². The molecule has 0 bridgehead atoms. The molecule has 3 N–H and O–H groups in total. The van der Waals surface area contributed by atoms with Gasteiger partial charge in [-0.15, -0.1) is 11.3 Å². The quantitative estimate of drug-likeness (QED) is 0.713. The van der Waals surface area contributed by atoms with Gasteiger partial charge in [0.1, 0.15) is 6.04 Å². The number of hydrogen-bond donors (Lipinski definition) is 3. The van der Waals surface area contributed by atoms with Crippen molar-refractivity contribution in [1.82, 2.24) is 9.71 Å². The molecule has 2 rings (SSSR count). The van der Waals surface area contributed by atoms with E-state index in [-0.39, 0.29) is 4.90 Å². The van der Waals surface area contributed by atoms with Crippen LogP contribution in [0.25, 0.3) is 0 Å². The number of carbonyl (C=O) groups is 1. The summed E-state index contributed by atoms with van der Waals surface area (Å²) in [5.41, 5.74) is 0. The fourth-order valence-electron chi connectivity index (χ4n) is 1.52. The zero-order valence-electron chi connectivity index (χ0n) is 11.1. The predicted octanol–water partition coefficient (Wildman–Crippen LogP) is 1.07. The highest BCUT2D eigenvalue weighted by Gasteiger charge is 2.25. The topological polar surface area (TPSA) is 108 Å². The van der Waals surface area contributed by atoms with Crippen molar-refractivity contribution in [2.45, 2.75) is 10.9 Å². The third-order valence-electron chi connectivity index (χ3n) is 2.58. The molecule has 118 valence electrons. The standard InChI is InChI=1S/C12H12ClN3O4S2/c13-8-1-3-9(4-2-8)22(19,20)16-10(7-17)11(18)15-12-14-5-6-21-12/h1-6,10,16-17H,7H2,(H,14,15,18). The predicted molar refractivity (Wildman–Crippen MR) is 83.4 cm³/mol. The summed E-state index contributed by atoms with van der Waals surface area (Å²) >= 11 is 6.88. The van der Waals surface area contributed by atoms with Gasteiger partial charge in [0.25, 0.3) is 0 Å². The van der Waals surface area contributed by atoms with E-state index in [4.69, 9.17) is 11.6 Å². The van der Waals surface area contributed by atoms with E-state index in [9.17, 15) is 18.3 Å². The minimum absolute atomic E-state index is 0.0580. The molecule has 1 heterocycles. The number of hydrogen-bond acceptors (Lipinski definition) is 6. The third kappa shape index (κ3) is 4.24. The van der Waals surface area contributed by atoms with Crippen LogP contribution in [0.3, 0.4) is 0 Å². The molecule has 1 aromatic carbocycles. The molecular formula is C12H12ClN3O4S2. The van der Waals surface area contributed by atoms with Crippen LogP contribution in [0.4, 0.5) is 5.13 Å². The summed E-state index contributed by atoms with van der Waals surface area (Å²) in [5.74, 6) is -0.699. The van der Waals surface area contributed by atoms with Crippen molar-refractivity contribution in [3.63, 3.8) is 0 Å². The van der Waals surface area contributed by atoms with Gasteiger partial charge >= 0.3 is 0 Å². The number of benzene rings is 1. The van der Waals surface area contributed by atoms with Gasteiger partial charge in [0.2, 0.25) is 15.9 Å². The summed E-state index contributed by atoms with van der Waals surface area (Å²) in [6.07, 6.45) is 1.49. The molecular weight excluding hydrogens is 350 g/mol. The molecule has 0 spiro atoms. The number of amides is 1. The van der Waals surface area contributed by atoms with Gasteiger partial charge in [0.05, 0.1) is 11.5 Å². The third-order valence-corrected chi connectivity index (χ3v) is 5.01. The van der Waals surface area contributed by atoms with Crippen LogP contribution >= 0.6 is 22.9 Å². The molecule has 10 heteroatoms. The Morgan fingerprint density at radius 3 is 2.59 bits per heavy atom. The van der Waals surface area contributed by atoms with E-state index < -0.39 is 28.6 Å². The average molecular weight is 362 g/mol. The Kier molecular flexibility index (Phi) is 5.48. The van der Waals surface area contributed by atoms with Crippen molar-refractivity contribution in [2.24, 2.45) is 0 Å². The Labute approximate surface area is 136 Å². The summed E-state index contributed by atoms with van der Waals surface area (Å²) in [6, 6.07) is 4.11. The number of anilines is 1. The number of aliphatic hydroxyl groups is 1. The van der Waals surface area contributed by atoms with Gasteiger partial charge in [0.15, 0.2) is 5.13 Å². The van der Waals surface area contributed by atoms with Crippen LogP contribution in [0.2, 0.25) is 5.02 Å². The second kappa shape index (κ2) is 7.16. The minimum Gasteiger partial charge on any atom is -0.394 e. The van der Waals surface area contributed by atoms with E-state index in [0.717, 1.165) is 0 Å². The number of aromatic nitrogens is 1. The van der Waals surface area contributed by atoms with Crippen LogP contribution in [-0.4, -0.2) is 37.1 Å². The first-order valence-corrected chi connectivity index (χ1v) is 8.75. The Morgan fingerprint density at radius 2 is 2.05 bits per heavy atom. The molecule has 22 heavy (non-hydrogen) atoms. The minimum atomic E-state index is -3.96. The average Bonchev–Trinajstić information content (AvgIpc) is 2.98. The van der Waals surface area contributed by atoms with Crippen LogP contribution in [0, 0.1) is 0 Å². The lowest BCUT2D eigenvalue weighted by molar-refractivity contribution is -0.118. The zero-order chi connectivity index (χ0) is 16.2. The number of aliphatic hydroxyl groups excluding tert-OH is 1. The van der Waals surface area contributed by atoms with Crippen LogP contribution in [0.15, 0.2) is 40.7 Å². The van der Waals surface area contributed by atoms with Crippen molar-refractivity contribution in [1.29, 1.82) is 0 Å². The first kappa shape index (κ1) is 16.8. The molecule has 2 aromatic rings. The maximum absolute atomic E-state index is 12.2. The normalized spacial score (nSPS) is 12.8. The molecule has 0 radical (unpaired) electrons. The summed E-state index contributed by atoms with van der Waals surface area (Å²) in [4.78, 5) is 15.7. The Bertz CT molecular complexity index is 732. The van der Waals surface area contributed by atoms with Gasteiger partial charge in [-0.3, -0.25) is 4.79 Å². The maximum atomic E-state index is 12.2. The zero-order valence-corrected chi connectivity index (χ0v) is 13.5. The molecule has 1 aromatic heterocycles. The second-order valence-electron chi connectivity index (χ2n) is 4.14. The fourth-order valence-corrected chi connectivity index (χ4v) is 3.36. The van der Waals surface area contributed by atoms with Gasteiger partial charge in [-0.05, 0) is 24.3 Å². The van der Waals surface area contributed by atoms with E-state index in [2.05, 4.69) is 15.0 Å². The summed E-state index contributed by atoms with van der Waals surface area (Å²) in [6.45, 7) is -0.690. The maximum Gasteiger partial charge on any atom is 0.246 e. The van der Waals surface area contributed by atoms with Crippen molar-refractivity contribution in [3.05, 3.63) is 40.9 Å². The Balaban J connectivity index is 2.11. The monoisotopic (exact) mass is 361 g/mol. The number of rotatable bonds is 6. The van der Waals surface area contributed by atoms with Crippen LogP contribution in [0.5, 0.6) is 0 Å². The van der Waals surface area contributed by atoms with Gasteiger partial charge in [-0.25, -0.2) is 13.4 Å². The molecule has 0 aliphatic rings. The largest absolute Gasteiger partial charge is 0.394 e. The van der Waals surface area contributed by atoms with E-state index in [1.54, 1.807) is 5.38 Å². The molecule has 1 amide bonds. The molecule has 1 atom stereocenters. The number of nitrogens with zero attached hydrogens (tertiary/aromatic N) is 1. The molecule has 0 fully saturated rings. The number of carbonyl (C=O) groups excluding carboxylic acids is 1. The van der Waals surface area contributed by atoms with Gasteiger partial charge in [-0.1, -0.05) is 11.6 Å². The lowest BCUT2D eigenvalue weighted by Gasteiger charge is -2.15. The Morgan fingerprint density at radius 1 is 1.36 bits per heavy atom. The van der Waals surface area contributed by atoms with Crippen molar-refractivity contribution in [2.75, 3.05) is 11.9 Å². The molecule has 0 saturated heterocycles. The molecule has 0 aliphatic carbocycles.